The first kappa shape index (κ1) is 25.3. The van der Waals surface area contributed by atoms with E-state index in [1.165, 1.54) is 30.7 Å². The Labute approximate surface area is 206 Å². The van der Waals surface area contributed by atoms with Gasteiger partial charge in [0.2, 0.25) is 5.91 Å². The number of ketones is 1. The molecule has 1 saturated heterocycles. The number of nitrogens with one attached hydrogen (secondary N) is 2. The third kappa shape index (κ3) is 5.71. The van der Waals surface area contributed by atoms with Crippen molar-refractivity contribution in [3.8, 4) is 0 Å². The molecule has 1 atom stereocenters. The number of carbonyl (C=O) groups excluding carboxylic acids is 2. The first-order valence-corrected chi connectivity index (χ1v) is 11.4. The van der Waals surface area contributed by atoms with Crippen molar-refractivity contribution < 1.29 is 27.5 Å². The number of Topliss-reactive ketones (excluding diaryl/α,β-unsaturated/α-hetero) is 1. The molecule has 188 valence electrons. The van der Waals surface area contributed by atoms with Gasteiger partial charge in [0.05, 0.1) is 34.5 Å². The molecule has 0 saturated carbocycles. The fraction of sp³-hybridized carbons (Fsp3) is 0.308. The van der Waals surface area contributed by atoms with Crippen LogP contribution in [-0.4, -0.2) is 34.9 Å². The Hall–Kier alpha value is -3.79. The number of nitrogens with zero attached hydrogens (tertiary/aromatic N) is 2. The Morgan fingerprint density at radius 1 is 1.11 bits per heavy atom. The number of halogens is 3. The van der Waals surface area contributed by atoms with Gasteiger partial charge in [0.15, 0.2) is 5.78 Å². The van der Waals surface area contributed by atoms with Crippen LogP contribution in [-0.2, 0) is 22.3 Å². The highest BCUT2D eigenvalue weighted by Crippen LogP contribution is 2.36. The minimum absolute atomic E-state index is 0.0193. The van der Waals surface area contributed by atoms with Gasteiger partial charge in [0, 0.05) is 31.5 Å². The molecule has 2 N–H and O–H groups in total. The number of anilines is 2. The van der Waals surface area contributed by atoms with Gasteiger partial charge >= 0.3 is 6.18 Å². The number of alkyl halides is 3. The number of carbonyl (C=O) groups is 2. The second kappa shape index (κ2) is 10.4. The van der Waals surface area contributed by atoms with Crippen LogP contribution in [0.5, 0.6) is 0 Å². The minimum Gasteiger partial charge on any atom is -0.380 e. The number of rotatable bonds is 8. The molecular weight excluding hydrogens is 473 g/mol. The van der Waals surface area contributed by atoms with E-state index in [9.17, 15) is 22.8 Å². The maximum absolute atomic E-state index is 13.2. The summed E-state index contributed by atoms with van der Waals surface area (Å²) >= 11 is 0. The Morgan fingerprint density at radius 3 is 2.53 bits per heavy atom. The molecule has 2 aromatic carbocycles. The number of aryl methyl sites for hydroxylation is 1. The van der Waals surface area contributed by atoms with Crippen molar-refractivity contribution >= 4 is 23.1 Å². The summed E-state index contributed by atoms with van der Waals surface area (Å²) in [7, 11) is 0. The zero-order valence-electron chi connectivity index (χ0n) is 19.6. The zero-order chi connectivity index (χ0) is 25.8. The van der Waals surface area contributed by atoms with Gasteiger partial charge < -0.3 is 15.4 Å². The van der Waals surface area contributed by atoms with E-state index in [0.717, 1.165) is 11.6 Å². The molecular formula is C26H25F3N4O3. The van der Waals surface area contributed by atoms with Gasteiger partial charge in [0.25, 0.3) is 0 Å². The topological polar surface area (TPSA) is 93.2 Å². The Morgan fingerprint density at radius 2 is 1.86 bits per heavy atom. The maximum Gasteiger partial charge on any atom is 0.418 e. The lowest BCUT2D eigenvalue weighted by molar-refractivity contribution is -0.137. The van der Waals surface area contributed by atoms with Crippen LogP contribution in [0, 0.1) is 12.3 Å². The lowest BCUT2D eigenvalue weighted by atomic mass is 9.80. The molecule has 4 rings (SSSR count). The molecule has 2 heterocycles. The highest BCUT2D eigenvalue weighted by Gasteiger charge is 2.44. The number of hydrogen-bond acceptors (Lipinski definition) is 6. The number of para-hydroxylation sites is 1. The van der Waals surface area contributed by atoms with E-state index in [1.54, 1.807) is 31.2 Å². The molecule has 3 aromatic rings. The van der Waals surface area contributed by atoms with Crippen molar-refractivity contribution in [2.75, 3.05) is 18.5 Å². The molecule has 1 aromatic heterocycles. The molecule has 7 nitrogen and oxygen atoms in total. The predicted octanol–water partition coefficient (Wildman–Crippen LogP) is 4.84. The molecule has 0 bridgehead atoms. The Balaban J connectivity index is 1.40. The van der Waals surface area contributed by atoms with E-state index in [2.05, 4.69) is 20.6 Å². The van der Waals surface area contributed by atoms with Gasteiger partial charge in [-0.3, -0.25) is 9.59 Å². The van der Waals surface area contributed by atoms with Crippen LogP contribution < -0.4 is 10.6 Å². The Kier molecular flexibility index (Phi) is 7.35. The summed E-state index contributed by atoms with van der Waals surface area (Å²) in [6, 6.07) is 12.0. The smallest absolute Gasteiger partial charge is 0.380 e. The van der Waals surface area contributed by atoms with E-state index in [-0.39, 0.29) is 37.0 Å². The molecule has 1 fully saturated rings. The summed E-state index contributed by atoms with van der Waals surface area (Å²) in [6.07, 6.45) is -1.26. The molecule has 0 spiro atoms. The van der Waals surface area contributed by atoms with Crippen LogP contribution in [0.3, 0.4) is 0 Å². The van der Waals surface area contributed by atoms with Crippen LogP contribution >= 0.6 is 0 Å². The van der Waals surface area contributed by atoms with Crippen molar-refractivity contribution in [1.29, 1.82) is 0 Å². The monoisotopic (exact) mass is 498 g/mol. The lowest BCUT2D eigenvalue weighted by Gasteiger charge is -2.25. The fourth-order valence-electron chi connectivity index (χ4n) is 4.14. The number of amides is 1. The van der Waals surface area contributed by atoms with Gasteiger partial charge in [-0.2, -0.15) is 13.2 Å². The van der Waals surface area contributed by atoms with Gasteiger partial charge in [-0.15, -0.1) is 0 Å². The maximum atomic E-state index is 13.2. The van der Waals surface area contributed by atoms with Crippen molar-refractivity contribution in [3.63, 3.8) is 0 Å². The summed E-state index contributed by atoms with van der Waals surface area (Å²) in [5, 5.41) is 5.67. The van der Waals surface area contributed by atoms with Crippen molar-refractivity contribution in [2.45, 2.75) is 32.5 Å². The van der Waals surface area contributed by atoms with Crippen LogP contribution in [0.1, 0.15) is 40.0 Å². The Bertz CT molecular complexity index is 1240. The van der Waals surface area contributed by atoms with Crippen LogP contribution in [0.25, 0.3) is 0 Å². The number of ether oxygens (including phenoxy) is 1. The van der Waals surface area contributed by atoms with Gasteiger partial charge in [-0.05, 0) is 43.2 Å². The van der Waals surface area contributed by atoms with Crippen molar-refractivity contribution in [1.82, 2.24) is 15.3 Å². The number of benzene rings is 2. The minimum atomic E-state index is -4.47. The second-order valence-electron chi connectivity index (χ2n) is 8.75. The quantitative estimate of drug-likeness (QED) is 0.432. The summed E-state index contributed by atoms with van der Waals surface area (Å²) in [5.41, 5.74) is 0.388. The van der Waals surface area contributed by atoms with E-state index in [4.69, 9.17) is 4.74 Å². The lowest BCUT2D eigenvalue weighted by Crippen LogP contribution is -2.42. The summed E-state index contributed by atoms with van der Waals surface area (Å²) < 4.78 is 45.2. The number of hydrogen-bond donors (Lipinski definition) is 2. The SMILES string of the molecule is Cc1ncncc1C(=O)C[C@@]1(C(=O)NCc2ccc(Nc3ccccc3C(F)(F)F)cc2)CCOC1. The molecule has 10 heteroatoms. The standard InChI is InChI=1S/C26H25F3N4O3/c1-17-20(14-30-16-32-17)23(34)12-25(10-11-36-15-25)24(35)31-13-18-6-8-19(9-7-18)33-22-5-3-2-4-21(22)26(27,28)29/h2-9,14,16,33H,10-13,15H2,1H3,(H,31,35)/t25-/m0/s1. The zero-order valence-corrected chi connectivity index (χ0v) is 19.6. The summed E-state index contributed by atoms with van der Waals surface area (Å²) in [5.74, 6) is -0.507. The average Bonchev–Trinajstić information content (AvgIpc) is 3.33. The molecule has 0 radical (unpaired) electrons. The van der Waals surface area contributed by atoms with Crippen LogP contribution in [0.4, 0.5) is 24.5 Å². The van der Waals surface area contributed by atoms with Crippen molar-refractivity contribution in [3.05, 3.63) is 83.4 Å². The normalized spacial score (nSPS) is 17.6. The number of aromatic nitrogens is 2. The largest absolute Gasteiger partial charge is 0.418 e. The van der Waals surface area contributed by atoms with Crippen LogP contribution in [0.2, 0.25) is 0 Å². The first-order chi connectivity index (χ1) is 17.2. The molecule has 1 aliphatic rings. The molecule has 36 heavy (non-hydrogen) atoms. The third-order valence-electron chi connectivity index (χ3n) is 6.21. The molecule has 1 aliphatic heterocycles. The third-order valence-corrected chi connectivity index (χ3v) is 6.21. The van der Waals surface area contributed by atoms with E-state index < -0.39 is 17.2 Å². The molecule has 0 unspecified atom stereocenters. The molecule has 0 aliphatic carbocycles. The predicted molar refractivity (Wildman–Crippen MR) is 127 cm³/mol. The second-order valence-corrected chi connectivity index (χ2v) is 8.75. The highest BCUT2D eigenvalue weighted by atomic mass is 19.4. The van der Waals surface area contributed by atoms with E-state index in [1.807, 2.05) is 0 Å². The first-order valence-electron chi connectivity index (χ1n) is 11.4. The van der Waals surface area contributed by atoms with E-state index >= 15 is 0 Å². The van der Waals surface area contributed by atoms with Crippen LogP contribution in [0.15, 0.2) is 61.1 Å². The van der Waals surface area contributed by atoms with Gasteiger partial charge in [-0.25, -0.2) is 9.97 Å². The summed E-state index contributed by atoms with van der Waals surface area (Å²) in [6.45, 7) is 2.43. The van der Waals surface area contributed by atoms with E-state index in [0.29, 0.717) is 30.0 Å². The molecule has 1 amide bonds. The highest BCUT2D eigenvalue weighted by molar-refractivity contribution is 6.00. The summed E-state index contributed by atoms with van der Waals surface area (Å²) in [4.78, 5) is 34.0. The fourth-order valence-corrected chi connectivity index (χ4v) is 4.14. The average molecular weight is 499 g/mol. The van der Waals surface area contributed by atoms with Gasteiger partial charge in [-0.1, -0.05) is 24.3 Å². The van der Waals surface area contributed by atoms with Gasteiger partial charge in [0.1, 0.15) is 6.33 Å². The van der Waals surface area contributed by atoms with Crippen molar-refractivity contribution in [2.24, 2.45) is 5.41 Å².